The number of ether oxygens (including phenoxy) is 1. The Morgan fingerprint density at radius 1 is 0.966 bits per heavy atom. The van der Waals surface area contributed by atoms with Crippen molar-refractivity contribution >= 4 is 23.0 Å². The lowest BCUT2D eigenvalue weighted by molar-refractivity contribution is 0.102. The number of benzene rings is 2. The van der Waals surface area contributed by atoms with E-state index in [2.05, 4.69) is 32.7 Å². The van der Waals surface area contributed by atoms with Crippen molar-refractivity contribution < 1.29 is 9.53 Å². The van der Waals surface area contributed by atoms with Crippen molar-refractivity contribution in [2.24, 2.45) is 0 Å². The number of anilines is 3. The lowest BCUT2D eigenvalue weighted by atomic mass is 10.2. The minimum atomic E-state index is -0.222. The van der Waals surface area contributed by atoms with Gasteiger partial charge in [-0.25, -0.2) is 4.98 Å². The Bertz CT molecular complexity index is 939. The van der Waals surface area contributed by atoms with E-state index in [-0.39, 0.29) is 5.91 Å². The predicted octanol–water partition coefficient (Wildman–Crippen LogP) is 3.78. The van der Waals surface area contributed by atoms with Crippen molar-refractivity contribution in [2.75, 3.05) is 41.8 Å². The number of rotatable bonds is 6. The number of para-hydroxylation sites is 2. The van der Waals surface area contributed by atoms with Gasteiger partial charge in [0, 0.05) is 19.6 Å². The highest BCUT2D eigenvalue weighted by Crippen LogP contribution is 2.26. The van der Waals surface area contributed by atoms with Gasteiger partial charge in [0.1, 0.15) is 5.69 Å². The molecule has 1 saturated heterocycles. The molecule has 0 atom stereocenters. The Labute approximate surface area is 170 Å². The van der Waals surface area contributed by atoms with Crippen LogP contribution >= 0.6 is 0 Å². The predicted molar refractivity (Wildman–Crippen MR) is 115 cm³/mol. The molecule has 0 spiro atoms. The molecule has 6 nitrogen and oxygen atoms in total. The quantitative estimate of drug-likeness (QED) is 0.673. The lowest BCUT2D eigenvalue weighted by Gasteiger charge is -2.30. The molecule has 6 heteroatoms. The molecule has 4 rings (SSSR count). The second kappa shape index (κ2) is 9.21. The Morgan fingerprint density at radius 2 is 1.72 bits per heavy atom. The molecule has 148 valence electrons. The van der Waals surface area contributed by atoms with Crippen molar-refractivity contribution in [3.63, 3.8) is 0 Å². The van der Waals surface area contributed by atoms with Crippen LogP contribution in [0.3, 0.4) is 0 Å². The first-order chi connectivity index (χ1) is 14.3. The second-order valence-corrected chi connectivity index (χ2v) is 6.84. The van der Waals surface area contributed by atoms with E-state index < -0.39 is 0 Å². The van der Waals surface area contributed by atoms with Crippen molar-refractivity contribution in [1.82, 2.24) is 4.98 Å². The van der Waals surface area contributed by atoms with E-state index in [0.29, 0.717) is 25.5 Å². The molecule has 0 radical (unpaired) electrons. The zero-order valence-electron chi connectivity index (χ0n) is 16.2. The number of nitrogens with zero attached hydrogens (tertiary/aromatic N) is 2. The van der Waals surface area contributed by atoms with Crippen LogP contribution in [0.5, 0.6) is 0 Å². The van der Waals surface area contributed by atoms with Crippen molar-refractivity contribution in [2.45, 2.75) is 6.54 Å². The molecule has 1 amide bonds. The maximum Gasteiger partial charge on any atom is 0.274 e. The minimum absolute atomic E-state index is 0.222. The summed E-state index contributed by atoms with van der Waals surface area (Å²) in [6.45, 7) is 3.73. The lowest BCUT2D eigenvalue weighted by Crippen LogP contribution is -2.36. The summed E-state index contributed by atoms with van der Waals surface area (Å²) in [5.74, 6) is -0.222. The van der Waals surface area contributed by atoms with Crippen molar-refractivity contribution in [1.29, 1.82) is 0 Å². The molecule has 2 heterocycles. The molecule has 1 aromatic heterocycles. The van der Waals surface area contributed by atoms with Crippen LogP contribution in [0.4, 0.5) is 17.1 Å². The highest BCUT2D eigenvalue weighted by molar-refractivity contribution is 6.04. The van der Waals surface area contributed by atoms with Gasteiger partial charge in [0.2, 0.25) is 0 Å². The third-order valence-corrected chi connectivity index (χ3v) is 4.84. The largest absolute Gasteiger partial charge is 0.380 e. The van der Waals surface area contributed by atoms with Crippen LogP contribution in [0.15, 0.2) is 72.9 Å². The first kappa shape index (κ1) is 19.0. The van der Waals surface area contributed by atoms with Crippen LogP contribution in [0.1, 0.15) is 16.1 Å². The fourth-order valence-electron chi connectivity index (χ4n) is 3.28. The number of pyridine rings is 1. The molecule has 29 heavy (non-hydrogen) atoms. The summed E-state index contributed by atoms with van der Waals surface area (Å²) in [4.78, 5) is 19.2. The summed E-state index contributed by atoms with van der Waals surface area (Å²) >= 11 is 0. The van der Waals surface area contributed by atoms with Crippen LogP contribution in [0, 0.1) is 0 Å². The van der Waals surface area contributed by atoms with E-state index in [0.717, 1.165) is 30.2 Å². The number of carbonyl (C=O) groups is 1. The maximum atomic E-state index is 12.7. The second-order valence-electron chi connectivity index (χ2n) is 6.84. The summed E-state index contributed by atoms with van der Waals surface area (Å²) in [6, 6.07) is 21.6. The highest BCUT2D eigenvalue weighted by Gasteiger charge is 2.16. The third kappa shape index (κ3) is 4.92. The molecule has 2 aromatic carbocycles. The number of morpholine rings is 1. The number of carbonyl (C=O) groups excluding carboxylic acids is 1. The molecule has 3 aromatic rings. The fourth-order valence-corrected chi connectivity index (χ4v) is 3.28. The van der Waals surface area contributed by atoms with E-state index in [1.807, 2.05) is 48.5 Å². The van der Waals surface area contributed by atoms with Gasteiger partial charge < -0.3 is 20.3 Å². The van der Waals surface area contributed by atoms with E-state index in [1.165, 1.54) is 5.56 Å². The Balaban J connectivity index is 1.40. The monoisotopic (exact) mass is 388 g/mol. The van der Waals surface area contributed by atoms with Crippen LogP contribution in [0.2, 0.25) is 0 Å². The van der Waals surface area contributed by atoms with Gasteiger partial charge in [-0.15, -0.1) is 0 Å². The van der Waals surface area contributed by atoms with Gasteiger partial charge in [0.15, 0.2) is 0 Å². The maximum absolute atomic E-state index is 12.7. The number of aromatic nitrogens is 1. The molecular weight excluding hydrogens is 364 g/mol. The molecule has 2 N–H and O–H groups in total. The summed E-state index contributed by atoms with van der Waals surface area (Å²) in [5, 5.41) is 6.31. The summed E-state index contributed by atoms with van der Waals surface area (Å²) in [7, 11) is 0. The summed E-state index contributed by atoms with van der Waals surface area (Å²) in [5.41, 5.74) is 4.23. The SMILES string of the molecule is O=C(Nc1ccccc1N1CCOCC1)c1ccc(NCc2ccccc2)cn1. The van der Waals surface area contributed by atoms with Crippen LogP contribution in [-0.2, 0) is 11.3 Å². The molecule has 0 unspecified atom stereocenters. The Hall–Kier alpha value is -3.38. The molecule has 0 aliphatic carbocycles. The molecule has 1 aliphatic rings. The van der Waals surface area contributed by atoms with Crippen molar-refractivity contribution in [3.8, 4) is 0 Å². The number of amides is 1. The average molecular weight is 388 g/mol. The van der Waals surface area contributed by atoms with Crippen LogP contribution in [0.25, 0.3) is 0 Å². The zero-order valence-corrected chi connectivity index (χ0v) is 16.2. The minimum Gasteiger partial charge on any atom is -0.380 e. The zero-order chi connectivity index (χ0) is 19.9. The van der Waals surface area contributed by atoms with Crippen molar-refractivity contribution in [3.05, 3.63) is 84.2 Å². The van der Waals surface area contributed by atoms with Gasteiger partial charge >= 0.3 is 0 Å². The third-order valence-electron chi connectivity index (χ3n) is 4.84. The summed E-state index contributed by atoms with van der Waals surface area (Å²) in [6.07, 6.45) is 1.69. The first-order valence-corrected chi connectivity index (χ1v) is 9.76. The topological polar surface area (TPSA) is 66.5 Å². The fraction of sp³-hybridized carbons (Fsp3) is 0.217. The van der Waals surface area contributed by atoms with E-state index in [4.69, 9.17) is 4.74 Å². The summed E-state index contributed by atoms with van der Waals surface area (Å²) < 4.78 is 5.43. The number of hydrogen-bond acceptors (Lipinski definition) is 5. The van der Waals surface area contributed by atoms with Crippen LogP contribution < -0.4 is 15.5 Å². The molecule has 0 bridgehead atoms. The van der Waals surface area contributed by atoms with Gasteiger partial charge in [-0.1, -0.05) is 42.5 Å². The smallest absolute Gasteiger partial charge is 0.274 e. The van der Waals surface area contributed by atoms with Gasteiger partial charge in [-0.3, -0.25) is 4.79 Å². The normalized spacial score (nSPS) is 13.7. The van der Waals surface area contributed by atoms with Gasteiger partial charge in [0.25, 0.3) is 5.91 Å². The number of hydrogen-bond donors (Lipinski definition) is 2. The Kier molecular flexibility index (Phi) is 6.02. The standard InChI is InChI=1S/C23H24N4O2/c28-23(26-20-8-4-5-9-22(20)27-12-14-29-15-13-27)21-11-10-19(17-25-21)24-16-18-6-2-1-3-7-18/h1-11,17,24H,12-16H2,(H,26,28). The molecule has 1 aliphatic heterocycles. The van der Waals surface area contributed by atoms with Gasteiger partial charge in [-0.2, -0.15) is 0 Å². The average Bonchev–Trinajstić information content (AvgIpc) is 2.80. The number of nitrogens with one attached hydrogen (secondary N) is 2. The van der Waals surface area contributed by atoms with E-state index in [1.54, 1.807) is 12.3 Å². The highest BCUT2D eigenvalue weighted by atomic mass is 16.5. The molecule has 1 fully saturated rings. The first-order valence-electron chi connectivity index (χ1n) is 9.76. The van der Waals surface area contributed by atoms with E-state index in [9.17, 15) is 4.79 Å². The van der Waals surface area contributed by atoms with Crippen LogP contribution in [-0.4, -0.2) is 37.2 Å². The van der Waals surface area contributed by atoms with Gasteiger partial charge in [0.05, 0.1) is 36.5 Å². The molecule has 0 saturated carbocycles. The van der Waals surface area contributed by atoms with Gasteiger partial charge in [-0.05, 0) is 29.8 Å². The molecular formula is C23H24N4O2. The van der Waals surface area contributed by atoms with E-state index >= 15 is 0 Å². The Morgan fingerprint density at radius 3 is 2.48 bits per heavy atom.